The minimum atomic E-state index is -0.534. The van der Waals surface area contributed by atoms with Gasteiger partial charge in [-0.2, -0.15) is 0 Å². The van der Waals surface area contributed by atoms with Crippen LogP contribution in [0.15, 0.2) is 18.2 Å². The van der Waals surface area contributed by atoms with Gasteiger partial charge in [-0.3, -0.25) is 4.79 Å². The van der Waals surface area contributed by atoms with Gasteiger partial charge in [0.2, 0.25) is 5.91 Å². The zero-order valence-electron chi connectivity index (χ0n) is 10.4. The van der Waals surface area contributed by atoms with Gasteiger partial charge in [-0.1, -0.05) is 6.92 Å². The van der Waals surface area contributed by atoms with E-state index in [4.69, 9.17) is 0 Å². The Hall–Kier alpha value is -1.58. The van der Waals surface area contributed by atoms with Crippen LogP contribution >= 0.6 is 0 Å². The molecule has 4 heteroatoms. The number of amides is 1. The molecule has 1 spiro atoms. The molecule has 18 heavy (non-hydrogen) atoms. The monoisotopic (exact) mass is 248 g/mol. The van der Waals surface area contributed by atoms with E-state index in [-0.39, 0.29) is 11.7 Å². The number of rotatable bonds is 0. The smallest absolute Gasteiger partial charge is 0.250 e. The Morgan fingerprint density at radius 1 is 1.28 bits per heavy atom. The predicted molar refractivity (Wildman–Crippen MR) is 69.0 cm³/mol. The molecular formula is C14H17FN2O. The maximum absolute atomic E-state index is 13.3. The number of nitrogens with one attached hydrogen (secondary N) is 2. The third-order valence-corrected chi connectivity index (χ3v) is 4.17. The van der Waals surface area contributed by atoms with Crippen LogP contribution in [0.2, 0.25) is 0 Å². The maximum atomic E-state index is 13.3. The number of anilines is 2. The molecule has 1 heterocycles. The molecule has 1 saturated carbocycles. The van der Waals surface area contributed by atoms with Gasteiger partial charge in [0.1, 0.15) is 11.4 Å². The SMILES string of the molecule is CC1CCC2(CC1)Nc1cc(F)ccc1NC2=O. The lowest BCUT2D eigenvalue weighted by Crippen LogP contribution is -2.54. The molecule has 0 aromatic heterocycles. The van der Waals surface area contributed by atoms with Crippen molar-refractivity contribution in [1.29, 1.82) is 0 Å². The zero-order chi connectivity index (χ0) is 12.8. The summed E-state index contributed by atoms with van der Waals surface area (Å²) in [5.74, 6) is 0.407. The summed E-state index contributed by atoms with van der Waals surface area (Å²) in [5, 5.41) is 6.17. The van der Waals surface area contributed by atoms with Gasteiger partial charge in [0.15, 0.2) is 0 Å². The number of hydrogen-bond donors (Lipinski definition) is 2. The standard InChI is InChI=1S/C14H17FN2O/c1-9-4-6-14(7-5-9)13(18)16-11-3-2-10(15)8-12(11)17-14/h2-3,8-9,17H,4-7H2,1H3,(H,16,18). The van der Waals surface area contributed by atoms with Gasteiger partial charge in [-0.05, 0) is 49.8 Å². The maximum Gasteiger partial charge on any atom is 0.250 e. The second kappa shape index (κ2) is 3.97. The molecule has 1 aliphatic carbocycles. The van der Waals surface area contributed by atoms with E-state index in [0.29, 0.717) is 17.3 Å². The highest BCUT2D eigenvalue weighted by molar-refractivity contribution is 6.06. The predicted octanol–water partition coefficient (Wildman–Crippen LogP) is 3.14. The Labute approximate surface area is 106 Å². The van der Waals surface area contributed by atoms with E-state index in [1.807, 2.05) is 0 Å². The summed E-state index contributed by atoms with van der Waals surface area (Å²) in [6.45, 7) is 2.21. The average Bonchev–Trinajstić information content (AvgIpc) is 2.35. The molecule has 0 radical (unpaired) electrons. The third-order valence-electron chi connectivity index (χ3n) is 4.17. The Balaban J connectivity index is 1.93. The first-order valence-corrected chi connectivity index (χ1v) is 6.48. The summed E-state index contributed by atoms with van der Waals surface area (Å²) in [6.07, 6.45) is 3.70. The number of halogens is 1. The zero-order valence-corrected chi connectivity index (χ0v) is 10.4. The molecule has 1 aromatic carbocycles. The third kappa shape index (κ3) is 1.76. The van der Waals surface area contributed by atoms with E-state index >= 15 is 0 Å². The summed E-state index contributed by atoms with van der Waals surface area (Å²) in [4.78, 5) is 12.3. The molecule has 2 N–H and O–H groups in total. The van der Waals surface area contributed by atoms with Gasteiger partial charge in [-0.25, -0.2) is 4.39 Å². The second-order valence-corrected chi connectivity index (χ2v) is 5.53. The van der Waals surface area contributed by atoms with Gasteiger partial charge in [0.25, 0.3) is 0 Å². The van der Waals surface area contributed by atoms with Gasteiger partial charge in [-0.15, -0.1) is 0 Å². The summed E-state index contributed by atoms with van der Waals surface area (Å²) >= 11 is 0. The molecule has 1 fully saturated rings. The van der Waals surface area contributed by atoms with Crippen molar-refractivity contribution in [2.45, 2.75) is 38.1 Å². The summed E-state index contributed by atoms with van der Waals surface area (Å²) in [5.41, 5.74) is 0.836. The van der Waals surface area contributed by atoms with Crippen LogP contribution in [0.25, 0.3) is 0 Å². The van der Waals surface area contributed by atoms with Crippen LogP contribution in [-0.2, 0) is 4.79 Å². The topological polar surface area (TPSA) is 41.1 Å². The molecule has 2 aliphatic rings. The van der Waals surface area contributed by atoms with E-state index in [9.17, 15) is 9.18 Å². The quantitative estimate of drug-likeness (QED) is 0.740. The van der Waals surface area contributed by atoms with Crippen molar-refractivity contribution >= 4 is 17.3 Å². The van der Waals surface area contributed by atoms with E-state index in [1.165, 1.54) is 12.1 Å². The van der Waals surface area contributed by atoms with Crippen molar-refractivity contribution in [3.05, 3.63) is 24.0 Å². The Morgan fingerprint density at radius 2 is 2.00 bits per heavy atom. The van der Waals surface area contributed by atoms with Crippen LogP contribution in [-0.4, -0.2) is 11.4 Å². The van der Waals surface area contributed by atoms with E-state index in [2.05, 4.69) is 17.6 Å². The van der Waals surface area contributed by atoms with Crippen LogP contribution in [0.1, 0.15) is 32.6 Å². The number of carbonyl (C=O) groups excluding carboxylic acids is 1. The van der Waals surface area contributed by atoms with Gasteiger partial charge < -0.3 is 10.6 Å². The van der Waals surface area contributed by atoms with Gasteiger partial charge in [0, 0.05) is 0 Å². The van der Waals surface area contributed by atoms with E-state index in [0.717, 1.165) is 25.7 Å². The number of benzene rings is 1. The fourth-order valence-electron chi connectivity index (χ4n) is 2.89. The highest BCUT2D eigenvalue weighted by Crippen LogP contribution is 2.40. The molecule has 0 atom stereocenters. The first kappa shape index (κ1) is 11.5. The molecule has 96 valence electrons. The first-order chi connectivity index (χ1) is 8.59. The van der Waals surface area contributed by atoms with E-state index in [1.54, 1.807) is 6.07 Å². The molecule has 0 unspecified atom stereocenters. The fraction of sp³-hybridized carbons (Fsp3) is 0.500. The molecule has 0 bridgehead atoms. The number of carbonyl (C=O) groups is 1. The van der Waals surface area contributed by atoms with Crippen molar-refractivity contribution in [2.75, 3.05) is 10.6 Å². The largest absolute Gasteiger partial charge is 0.369 e. The molecule has 1 aromatic rings. The lowest BCUT2D eigenvalue weighted by molar-refractivity contribution is -0.121. The van der Waals surface area contributed by atoms with Crippen LogP contribution < -0.4 is 10.6 Å². The molecular weight excluding hydrogens is 231 g/mol. The molecule has 0 saturated heterocycles. The lowest BCUT2D eigenvalue weighted by Gasteiger charge is -2.42. The number of hydrogen-bond acceptors (Lipinski definition) is 2. The molecule has 1 amide bonds. The van der Waals surface area contributed by atoms with Crippen molar-refractivity contribution in [2.24, 2.45) is 5.92 Å². The minimum absolute atomic E-state index is 0.0218. The van der Waals surface area contributed by atoms with Crippen LogP contribution in [0.3, 0.4) is 0 Å². The van der Waals surface area contributed by atoms with Crippen LogP contribution in [0, 0.1) is 11.7 Å². The van der Waals surface area contributed by atoms with Gasteiger partial charge in [0.05, 0.1) is 11.4 Å². The lowest BCUT2D eigenvalue weighted by atomic mass is 9.75. The van der Waals surface area contributed by atoms with Crippen LogP contribution in [0.4, 0.5) is 15.8 Å². The Kier molecular flexibility index (Phi) is 2.54. The first-order valence-electron chi connectivity index (χ1n) is 6.48. The summed E-state index contributed by atoms with van der Waals surface area (Å²) < 4.78 is 13.3. The van der Waals surface area contributed by atoms with Crippen LogP contribution in [0.5, 0.6) is 0 Å². The second-order valence-electron chi connectivity index (χ2n) is 5.53. The fourth-order valence-corrected chi connectivity index (χ4v) is 2.89. The summed E-state index contributed by atoms with van der Waals surface area (Å²) in [7, 11) is 0. The minimum Gasteiger partial charge on any atom is -0.369 e. The average molecular weight is 248 g/mol. The van der Waals surface area contributed by atoms with Gasteiger partial charge >= 0.3 is 0 Å². The Morgan fingerprint density at radius 3 is 2.72 bits per heavy atom. The number of fused-ring (bicyclic) bond motifs is 1. The Bertz CT molecular complexity index is 493. The summed E-state index contributed by atoms with van der Waals surface area (Å²) in [6, 6.07) is 4.42. The van der Waals surface area contributed by atoms with Crippen molar-refractivity contribution < 1.29 is 9.18 Å². The molecule has 3 rings (SSSR count). The van der Waals surface area contributed by atoms with Crippen molar-refractivity contribution in [3.8, 4) is 0 Å². The van der Waals surface area contributed by atoms with Crippen molar-refractivity contribution in [1.82, 2.24) is 0 Å². The van der Waals surface area contributed by atoms with Crippen molar-refractivity contribution in [3.63, 3.8) is 0 Å². The highest BCUT2D eigenvalue weighted by atomic mass is 19.1. The highest BCUT2D eigenvalue weighted by Gasteiger charge is 2.43. The molecule has 1 aliphatic heterocycles. The molecule has 3 nitrogen and oxygen atoms in total. The normalized spacial score (nSPS) is 30.6. The van der Waals surface area contributed by atoms with E-state index < -0.39 is 5.54 Å².